The van der Waals surface area contributed by atoms with E-state index in [-0.39, 0.29) is 23.4 Å². The van der Waals surface area contributed by atoms with Crippen LogP contribution in [0.25, 0.3) is 21.9 Å². The number of amides is 2. The first-order valence-corrected chi connectivity index (χ1v) is 13.9. The highest BCUT2D eigenvalue weighted by Crippen LogP contribution is 2.29. The van der Waals surface area contributed by atoms with Crippen molar-refractivity contribution < 1.29 is 9.59 Å². The number of carbonyl (C=O) groups excluding carboxylic acids is 2. The lowest BCUT2D eigenvalue weighted by Gasteiger charge is -2.15. The Bertz CT molecular complexity index is 1600. The van der Waals surface area contributed by atoms with E-state index in [0.29, 0.717) is 35.0 Å². The predicted molar refractivity (Wildman–Crippen MR) is 160 cm³/mol. The lowest BCUT2D eigenvalue weighted by atomic mass is 9.94. The lowest BCUT2D eigenvalue weighted by Crippen LogP contribution is -2.30. The quantitative estimate of drug-likeness (QED) is 0.290. The fourth-order valence-electron chi connectivity index (χ4n) is 4.90. The Balaban J connectivity index is 1.56. The molecule has 1 aliphatic carbocycles. The number of aryl methyl sites for hydroxylation is 1. The molecule has 206 valence electrons. The summed E-state index contributed by atoms with van der Waals surface area (Å²) in [4.78, 5) is 41.9. The maximum absolute atomic E-state index is 13.6. The van der Waals surface area contributed by atoms with Crippen LogP contribution in [0, 0.1) is 6.92 Å². The number of hydrogen-bond acceptors (Lipinski definition) is 4. The molecule has 0 bridgehead atoms. The Kier molecular flexibility index (Phi) is 8.12. The Morgan fingerprint density at radius 3 is 2.45 bits per heavy atom. The number of nitrogens with zero attached hydrogens (tertiary/aromatic N) is 2. The molecule has 7 heteroatoms. The van der Waals surface area contributed by atoms with E-state index in [4.69, 9.17) is 0 Å². The fraction of sp³-hybridized carbons (Fsp3) is 0.303. The summed E-state index contributed by atoms with van der Waals surface area (Å²) in [7, 11) is 4.01. The summed E-state index contributed by atoms with van der Waals surface area (Å²) in [5.41, 5.74) is 4.65. The van der Waals surface area contributed by atoms with Crippen LogP contribution in [-0.2, 0) is 6.54 Å². The summed E-state index contributed by atoms with van der Waals surface area (Å²) in [5, 5.41) is 7.18. The number of nitrogens with one attached hydrogen (secondary N) is 2. The first-order valence-electron chi connectivity index (χ1n) is 13.9. The predicted octanol–water partition coefficient (Wildman–Crippen LogP) is 4.60. The van der Waals surface area contributed by atoms with Crippen molar-refractivity contribution in [3.63, 3.8) is 0 Å². The minimum atomic E-state index is -0.211. The van der Waals surface area contributed by atoms with Gasteiger partial charge in [-0.1, -0.05) is 42.5 Å². The molecule has 0 aliphatic heterocycles. The number of hydrogen-bond donors (Lipinski definition) is 2. The van der Waals surface area contributed by atoms with E-state index in [1.807, 2.05) is 81.7 Å². The molecule has 0 saturated heterocycles. The van der Waals surface area contributed by atoms with Crippen molar-refractivity contribution in [3.05, 3.63) is 106 Å². The molecule has 0 spiro atoms. The Morgan fingerprint density at radius 2 is 1.73 bits per heavy atom. The zero-order valence-electron chi connectivity index (χ0n) is 23.4. The van der Waals surface area contributed by atoms with Crippen molar-refractivity contribution in [1.29, 1.82) is 0 Å². The van der Waals surface area contributed by atoms with Gasteiger partial charge < -0.3 is 20.1 Å². The summed E-state index contributed by atoms with van der Waals surface area (Å²) in [6.07, 6.45) is 4.55. The van der Waals surface area contributed by atoms with Crippen LogP contribution in [0.15, 0.2) is 77.7 Å². The van der Waals surface area contributed by atoms with Crippen LogP contribution in [0.4, 0.5) is 0 Å². The van der Waals surface area contributed by atoms with Crippen molar-refractivity contribution in [2.24, 2.45) is 0 Å². The molecule has 0 radical (unpaired) electrons. The van der Waals surface area contributed by atoms with Crippen molar-refractivity contribution in [2.75, 3.05) is 27.2 Å². The van der Waals surface area contributed by atoms with Gasteiger partial charge in [0.25, 0.3) is 17.4 Å². The SMILES string of the molecule is Cc1ccc(C(=O)NC2CC2)cc1-c1ccc2c(=O)n(Cc3ccccc3)cc(C(=O)NCCCN(C)C)c2c1. The highest BCUT2D eigenvalue weighted by atomic mass is 16.2. The van der Waals surface area contributed by atoms with Crippen molar-refractivity contribution >= 4 is 22.6 Å². The number of aromatic nitrogens is 1. The monoisotopic (exact) mass is 536 g/mol. The minimum Gasteiger partial charge on any atom is -0.352 e. The summed E-state index contributed by atoms with van der Waals surface area (Å²) in [6, 6.07) is 21.3. The first kappa shape index (κ1) is 27.3. The molecule has 1 fully saturated rings. The first-order chi connectivity index (χ1) is 19.3. The average Bonchev–Trinajstić information content (AvgIpc) is 3.77. The molecule has 1 saturated carbocycles. The zero-order valence-corrected chi connectivity index (χ0v) is 23.4. The van der Waals surface area contributed by atoms with E-state index in [2.05, 4.69) is 15.5 Å². The topological polar surface area (TPSA) is 83.4 Å². The number of carbonyl (C=O) groups is 2. The largest absolute Gasteiger partial charge is 0.352 e. The molecule has 0 unspecified atom stereocenters. The fourth-order valence-corrected chi connectivity index (χ4v) is 4.90. The number of benzene rings is 3. The van der Waals surface area contributed by atoms with Crippen molar-refractivity contribution in [2.45, 2.75) is 38.8 Å². The maximum atomic E-state index is 13.6. The molecule has 7 nitrogen and oxygen atoms in total. The van der Waals surface area contributed by atoms with Gasteiger partial charge in [-0.25, -0.2) is 0 Å². The van der Waals surface area contributed by atoms with E-state index in [9.17, 15) is 14.4 Å². The average molecular weight is 537 g/mol. The van der Waals surface area contributed by atoms with E-state index >= 15 is 0 Å². The number of fused-ring (bicyclic) bond motifs is 1. The van der Waals surface area contributed by atoms with Gasteiger partial charge in [0.15, 0.2) is 0 Å². The van der Waals surface area contributed by atoms with Crippen LogP contribution < -0.4 is 16.2 Å². The molecule has 1 aliphatic rings. The van der Waals surface area contributed by atoms with Crippen molar-refractivity contribution in [3.8, 4) is 11.1 Å². The van der Waals surface area contributed by atoms with Gasteiger partial charge in [0.05, 0.1) is 12.1 Å². The smallest absolute Gasteiger partial charge is 0.258 e. The molecule has 0 atom stereocenters. The zero-order chi connectivity index (χ0) is 28.2. The molecule has 5 rings (SSSR count). The van der Waals surface area contributed by atoms with Gasteiger partial charge >= 0.3 is 0 Å². The van der Waals surface area contributed by atoms with Crippen LogP contribution in [0.5, 0.6) is 0 Å². The number of rotatable bonds is 10. The molecule has 40 heavy (non-hydrogen) atoms. The molecule has 1 heterocycles. The van der Waals surface area contributed by atoms with Gasteiger partial charge in [0, 0.05) is 35.1 Å². The van der Waals surface area contributed by atoms with E-state index in [0.717, 1.165) is 48.1 Å². The Hall–Kier alpha value is -4.23. The lowest BCUT2D eigenvalue weighted by molar-refractivity contribution is 0.0944. The maximum Gasteiger partial charge on any atom is 0.258 e. The van der Waals surface area contributed by atoms with Gasteiger partial charge in [0.2, 0.25) is 0 Å². The summed E-state index contributed by atoms with van der Waals surface area (Å²) < 4.78 is 1.61. The third kappa shape index (κ3) is 6.32. The number of pyridine rings is 1. The Morgan fingerprint density at radius 1 is 0.950 bits per heavy atom. The highest BCUT2D eigenvalue weighted by molar-refractivity contribution is 6.07. The van der Waals surface area contributed by atoms with E-state index in [1.165, 1.54) is 0 Å². The van der Waals surface area contributed by atoms with Gasteiger partial charge in [-0.15, -0.1) is 0 Å². The molecule has 4 aromatic rings. The second-order valence-corrected chi connectivity index (χ2v) is 10.9. The van der Waals surface area contributed by atoms with Gasteiger partial charge in [-0.05, 0) is 93.3 Å². The van der Waals surface area contributed by atoms with E-state index in [1.54, 1.807) is 16.8 Å². The standard InChI is InChI=1S/C33H36N4O3/c1-22-10-11-25(31(38)35-26-13-14-26)19-28(22)24-12-15-27-29(18-24)30(32(39)34-16-7-17-36(2)3)21-37(33(27)40)20-23-8-5-4-6-9-23/h4-6,8-12,15,18-19,21,26H,7,13-14,16-17,20H2,1-3H3,(H,34,39)(H,35,38). The third-order valence-corrected chi connectivity index (χ3v) is 7.32. The van der Waals surface area contributed by atoms with Crippen LogP contribution >= 0.6 is 0 Å². The minimum absolute atomic E-state index is 0.0777. The second-order valence-electron chi connectivity index (χ2n) is 10.9. The molecule has 2 N–H and O–H groups in total. The van der Waals surface area contributed by atoms with Gasteiger partial charge in [0.1, 0.15) is 0 Å². The Labute approximate surface area is 234 Å². The van der Waals surface area contributed by atoms with E-state index < -0.39 is 0 Å². The molecule has 1 aromatic heterocycles. The van der Waals surface area contributed by atoms with Crippen LogP contribution in [0.1, 0.15) is 51.1 Å². The van der Waals surface area contributed by atoms with Crippen molar-refractivity contribution in [1.82, 2.24) is 20.1 Å². The molecular weight excluding hydrogens is 500 g/mol. The van der Waals surface area contributed by atoms with Crippen LogP contribution in [0.3, 0.4) is 0 Å². The van der Waals surface area contributed by atoms with Gasteiger partial charge in [-0.2, -0.15) is 0 Å². The summed E-state index contributed by atoms with van der Waals surface area (Å²) in [5.74, 6) is -0.289. The molecular formula is C33H36N4O3. The molecule has 3 aromatic carbocycles. The van der Waals surface area contributed by atoms with Crippen LogP contribution in [0.2, 0.25) is 0 Å². The third-order valence-electron chi connectivity index (χ3n) is 7.32. The summed E-state index contributed by atoms with van der Waals surface area (Å²) >= 11 is 0. The normalized spacial score (nSPS) is 13.0. The highest BCUT2D eigenvalue weighted by Gasteiger charge is 2.24. The summed E-state index contributed by atoms with van der Waals surface area (Å²) in [6.45, 7) is 3.77. The molecule has 2 amide bonds. The van der Waals surface area contributed by atoms with Crippen LogP contribution in [-0.4, -0.2) is 54.5 Å². The van der Waals surface area contributed by atoms with Gasteiger partial charge in [-0.3, -0.25) is 14.4 Å². The second kappa shape index (κ2) is 11.9.